The van der Waals surface area contributed by atoms with Crippen molar-refractivity contribution in [3.8, 4) is 0 Å². The van der Waals surface area contributed by atoms with Crippen LogP contribution in [0.15, 0.2) is 6.07 Å². The highest BCUT2D eigenvalue weighted by atomic mass is 32.1. The van der Waals surface area contributed by atoms with Gasteiger partial charge in [-0.2, -0.15) is 0 Å². The zero-order chi connectivity index (χ0) is 13.3. The first-order valence-corrected chi connectivity index (χ1v) is 6.87. The van der Waals surface area contributed by atoms with E-state index in [0.717, 1.165) is 36.7 Å². The Kier molecular flexibility index (Phi) is 3.75. The number of aromatic carboxylic acids is 1. The van der Waals surface area contributed by atoms with E-state index in [1.807, 2.05) is 6.92 Å². The summed E-state index contributed by atoms with van der Waals surface area (Å²) in [5.74, 6) is -0.837. The second kappa shape index (κ2) is 4.99. The highest BCUT2D eigenvalue weighted by molar-refractivity contribution is 7.14. The van der Waals surface area contributed by atoms with Crippen LogP contribution >= 0.6 is 11.3 Å². The van der Waals surface area contributed by atoms with Gasteiger partial charge in [-0.1, -0.05) is 0 Å². The minimum absolute atomic E-state index is 0.00993. The Bertz CT molecular complexity index is 453. The summed E-state index contributed by atoms with van der Waals surface area (Å²) in [6.45, 7) is 9.47. The summed E-state index contributed by atoms with van der Waals surface area (Å²) in [5, 5.41) is 9.01. The fourth-order valence-electron chi connectivity index (χ4n) is 2.17. The standard InChI is InChI=1S/C13H19NO3S/c1-9-10(6-11(18-9)12(15)16)7-14-4-5-17-8-13(14,2)3/h6H,4-5,7-8H2,1-3H3,(H,15,16). The van der Waals surface area contributed by atoms with Crippen LogP contribution in [0.4, 0.5) is 0 Å². The lowest BCUT2D eigenvalue weighted by Crippen LogP contribution is -2.52. The zero-order valence-corrected chi connectivity index (χ0v) is 11.8. The number of carboxylic acid groups (broad SMARTS) is 1. The van der Waals surface area contributed by atoms with Crippen LogP contribution in [0.2, 0.25) is 0 Å². The molecule has 0 amide bonds. The quantitative estimate of drug-likeness (QED) is 0.915. The molecule has 1 saturated heterocycles. The summed E-state index contributed by atoms with van der Waals surface area (Å²) in [6, 6.07) is 1.80. The smallest absolute Gasteiger partial charge is 0.345 e. The first kappa shape index (κ1) is 13.5. The van der Waals surface area contributed by atoms with Crippen LogP contribution < -0.4 is 0 Å². The Morgan fingerprint density at radius 2 is 2.33 bits per heavy atom. The summed E-state index contributed by atoms with van der Waals surface area (Å²) >= 11 is 1.35. The van der Waals surface area contributed by atoms with E-state index in [1.165, 1.54) is 11.3 Å². The van der Waals surface area contributed by atoms with Crippen LogP contribution in [0.3, 0.4) is 0 Å². The lowest BCUT2D eigenvalue weighted by molar-refractivity contribution is -0.0552. The average molecular weight is 269 g/mol. The minimum Gasteiger partial charge on any atom is -0.477 e. The molecule has 1 fully saturated rings. The van der Waals surface area contributed by atoms with Gasteiger partial charge in [-0.05, 0) is 32.4 Å². The van der Waals surface area contributed by atoms with Gasteiger partial charge in [0.1, 0.15) is 4.88 Å². The maximum absolute atomic E-state index is 11.0. The van der Waals surface area contributed by atoms with Crippen molar-refractivity contribution < 1.29 is 14.6 Å². The number of hydrogen-bond donors (Lipinski definition) is 1. The van der Waals surface area contributed by atoms with Crippen LogP contribution in [0.5, 0.6) is 0 Å². The molecule has 18 heavy (non-hydrogen) atoms. The van der Waals surface area contributed by atoms with Crippen molar-refractivity contribution in [1.82, 2.24) is 4.90 Å². The predicted molar refractivity (Wildman–Crippen MR) is 71.3 cm³/mol. The third kappa shape index (κ3) is 2.74. The largest absolute Gasteiger partial charge is 0.477 e. The van der Waals surface area contributed by atoms with E-state index in [9.17, 15) is 4.79 Å². The van der Waals surface area contributed by atoms with Crippen molar-refractivity contribution in [2.45, 2.75) is 32.9 Å². The van der Waals surface area contributed by atoms with E-state index >= 15 is 0 Å². The van der Waals surface area contributed by atoms with Crippen LogP contribution in [-0.2, 0) is 11.3 Å². The number of hydrogen-bond acceptors (Lipinski definition) is 4. The first-order valence-electron chi connectivity index (χ1n) is 6.05. The van der Waals surface area contributed by atoms with Crippen LogP contribution in [0, 0.1) is 6.92 Å². The Balaban J connectivity index is 2.15. The Hall–Kier alpha value is -0.910. The van der Waals surface area contributed by atoms with E-state index in [-0.39, 0.29) is 5.54 Å². The molecule has 0 radical (unpaired) electrons. The predicted octanol–water partition coefficient (Wildman–Crippen LogP) is 2.37. The molecule has 100 valence electrons. The van der Waals surface area contributed by atoms with E-state index in [2.05, 4.69) is 18.7 Å². The van der Waals surface area contributed by atoms with Gasteiger partial charge in [0.15, 0.2) is 0 Å². The normalized spacial score (nSPS) is 19.9. The van der Waals surface area contributed by atoms with Gasteiger partial charge in [-0.25, -0.2) is 4.79 Å². The first-order chi connectivity index (χ1) is 8.40. The van der Waals surface area contributed by atoms with E-state index in [1.54, 1.807) is 6.07 Å². The number of aryl methyl sites for hydroxylation is 1. The summed E-state index contributed by atoms with van der Waals surface area (Å²) in [6.07, 6.45) is 0. The third-order valence-electron chi connectivity index (χ3n) is 3.41. The van der Waals surface area contributed by atoms with Crippen molar-refractivity contribution in [3.05, 3.63) is 21.4 Å². The summed E-state index contributed by atoms with van der Waals surface area (Å²) in [7, 11) is 0. The van der Waals surface area contributed by atoms with Gasteiger partial charge < -0.3 is 9.84 Å². The van der Waals surface area contributed by atoms with Gasteiger partial charge in [-0.3, -0.25) is 4.90 Å². The summed E-state index contributed by atoms with van der Waals surface area (Å²) in [5.41, 5.74) is 1.13. The van der Waals surface area contributed by atoms with Gasteiger partial charge in [0.25, 0.3) is 0 Å². The van der Waals surface area contributed by atoms with Gasteiger partial charge in [-0.15, -0.1) is 11.3 Å². The number of nitrogens with zero attached hydrogens (tertiary/aromatic N) is 1. The molecule has 1 aliphatic rings. The second-order valence-corrected chi connectivity index (χ2v) is 6.54. The molecule has 5 heteroatoms. The second-order valence-electron chi connectivity index (χ2n) is 5.28. The third-order valence-corrected chi connectivity index (χ3v) is 4.49. The molecular weight excluding hydrogens is 250 g/mol. The molecule has 4 nitrogen and oxygen atoms in total. The topological polar surface area (TPSA) is 49.8 Å². The number of ether oxygens (including phenoxy) is 1. The lowest BCUT2D eigenvalue weighted by atomic mass is 10.0. The number of carboxylic acids is 1. The molecule has 2 heterocycles. The fraction of sp³-hybridized carbons (Fsp3) is 0.615. The van der Waals surface area contributed by atoms with Gasteiger partial charge in [0.2, 0.25) is 0 Å². The molecule has 0 unspecified atom stereocenters. The monoisotopic (exact) mass is 269 g/mol. The zero-order valence-electron chi connectivity index (χ0n) is 11.0. The Morgan fingerprint density at radius 3 is 2.89 bits per heavy atom. The maximum Gasteiger partial charge on any atom is 0.345 e. The summed E-state index contributed by atoms with van der Waals surface area (Å²) in [4.78, 5) is 14.8. The Labute approximate surface area is 111 Å². The van der Waals surface area contributed by atoms with Crippen molar-refractivity contribution in [2.75, 3.05) is 19.8 Å². The molecule has 0 saturated carbocycles. The number of thiophene rings is 1. The van der Waals surface area contributed by atoms with Crippen molar-refractivity contribution in [3.63, 3.8) is 0 Å². The van der Waals surface area contributed by atoms with Crippen LogP contribution in [-0.4, -0.2) is 41.3 Å². The van der Waals surface area contributed by atoms with Crippen molar-refractivity contribution in [1.29, 1.82) is 0 Å². The highest BCUT2D eigenvalue weighted by Crippen LogP contribution is 2.27. The molecule has 0 bridgehead atoms. The number of morpholine rings is 1. The fourth-order valence-corrected chi connectivity index (χ4v) is 3.04. The van der Waals surface area contributed by atoms with Crippen molar-refractivity contribution >= 4 is 17.3 Å². The number of carbonyl (C=O) groups is 1. The molecule has 0 atom stereocenters. The van der Waals surface area contributed by atoms with E-state index in [0.29, 0.717) is 4.88 Å². The SMILES string of the molecule is Cc1sc(C(=O)O)cc1CN1CCOCC1(C)C. The van der Waals surface area contributed by atoms with Gasteiger partial charge in [0.05, 0.1) is 13.2 Å². The van der Waals surface area contributed by atoms with Crippen molar-refractivity contribution in [2.24, 2.45) is 0 Å². The minimum atomic E-state index is -0.837. The number of rotatable bonds is 3. The van der Waals surface area contributed by atoms with Crippen LogP contribution in [0.25, 0.3) is 0 Å². The molecule has 1 N–H and O–H groups in total. The molecule has 1 aromatic rings. The molecule has 1 aromatic heterocycles. The van der Waals surface area contributed by atoms with Gasteiger partial charge >= 0.3 is 5.97 Å². The highest BCUT2D eigenvalue weighted by Gasteiger charge is 2.31. The van der Waals surface area contributed by atoms with Gasteiger partial charge in [0, 0.05) is 23.5 Å². The summed E-state index contributed by atoms with van der Waals surface area (Å²) < 4.78 is 5.49. The van der Waals surface area contributed by atoms with Crippen LogP contribution in [0.1, 0.15) is 34.0 Å². The maximum atomic E-state index is 11.0. The average Bonchev–Trinajstić information content (AvgIpc) is 2.63. The lowest BCUT2D eigenvalue weighted by Gasteiger charge is -2.42. The molecular formula is C13H19NO3S. The van der Waals surface area contributed by atoms with E-state index in [4.69, 9.17) is 9.84 Å². The molecule has 0 aliphatic carbocycles. The van der Waals surface area contributed by atoms with E-state index < -0.39 is 5.97 Å². The molecule has 2 rings (SSSR count). The molecule has 0 aromatic carbocycles. The molecule has 1 aliphatic heterocycles. The molecule has 0 spiro atoms. The Morgan fingerprint density at radius 1 is 1.61 bits per heavy atom.